The summed E-state index contributed by atoms with van der Waals surface area (Å²) in [4.78, 5) is 3.91. The van der Waals surface area contributed by atoms with Crippen molar-refractivity contribution in [3.8, 4) is 0 Å². The molecule has 0 spiro atoms. The number of hydrogen-bond donors (Lipinski definition) is 1. The van der Waals surface area contributed by atoms with Crippen molar-refractivity contribution in [3.63, 3.8) is 0 Å². The quantitative estimate of drug-likeness (QED) is 0.922. The van der Waals surface area contributed by atoms with E-state index in [9.17, 15) is 9.50 Å². The Labute approximate surface area is 110 Å². The van der Waals surface area contributed by atoms with E-state index in [1.54, 1.807) is 18.5 Å². The molecule has 2 nitrogen and oxygen atoms in total. The highest BCUT2D eigenvalue weighted by atomic mass is 35.5. The van der Waals surface area contributed by atoms with Gasteiger partial charge in [0.2, 0.25) is 0 Å². The van der Waals surface area contributed by atoms with Crippen LogP contribution in [0.1, 0.15) is 11.1 Å². The molecule has 0 radical (unpaired) electrons. The lowest BCUT2D eigenvalue weighted by molar-refractivity contribution is 0.175. The monoisotopic (exact) mass is 265 g/mol. The molecule has 0 aliphatic rings. The van der Waals surface area contributed by atoms with E-state index in [1.165, 1.54) is 12.1 Å². The van der Waals surface area contributed by atoms with Gasteiger partial charge >= 0.3 is 0 Å². The summed E-state index contributed by atoms with van der Waals surface area (Å²) in [5, 5.41) is 10.0. The van der Waals surface area contributed by atoms with Crippen molar-refractivity contribution in [1.29, 1.82) is 0 Å². The number of hydrogen-bond acceptors (Lipinski definition) is 2. The Kier molecular flexibility index (Phi) is 4.28. The minimum atomic E-state index is -0.548. The Morgan fingerprint density at radius 1 is 1.11 bits per heavy atom. The van der Waals surface area contributed by atoms with E-state index >= 15 is 0 Å². The first kappa shape index (κ1) is 13.0. The molecule has 0 fully saturated rings. The third kappa shape index (κ3) is 3.52. The van der Waals surface area contributed by atoms with Gasteiger partial charge in [-0.2, -0.15) is 0 Å². The Balaban J connectivity index is 1.99. The second-order valence-corrected chi connectivity index (χ2v) is 4.57. The van der Waals surface area contributed by atoms with Crippen LogP contribution in [0.3, 0.4) is 0 Å². The van der Waals surface area contributed by atoms with Gasteiger partial charge in [0.25, 0.3) is 0 Å². The fraction of sp³-hybridized carbons (Fsp3) is 0.214. The number of nitrogens with zero attached hydrogens (tertiary/aromatic N) is 1. The average Bonchev–Trinajstić information content (AvgIpc) is 2.35. The van der Waals surface area contributed by atoms with Crippen LogP contribution in [0.2, 0.25) is 5.02 Å². The summed E-state index contributed by atoms with van der Waals surface area (Å²) in [6.07, 6.45) is 3.74. The Morgan fingerprint density at radius 3 is 2.44 bits per heavy atom. The largest absolute Gasteiger partial charge is 0.392 e. The molecule has 1 unspecified atom stereocenters. The van der Waals surface area contributed by atoms with Crippen LogP contribution in [0.25, 0.3) is 0 Å². The van der Waals surface area contributed by atoms with Gasteiger partial charge in [-0.15, -0.1) is 0 Å². The van der Waals surface area contributed by atoms with Crippen LogP contribution >= 0.6 is 11.6 Å². The lowest BCUT2D eigenvalue weighted by atomic mass is 10.0. The summed E-state index contributed by atoms with van der Waals surface area (Å²) in [5.74, 6) is -0.453. The normalized spacial score (nSPS) is 12.4. The van der Waals surface area contributed by atoms with Gasteiger partial charge in [-0.3, -0.25) is 4.98 Å². The van der Waals surface area contributed by atoms with E-state index in [2.05, 4.69) is 4.98 Å². The van der Waals surface area contributed by atoms with Crippen molar-refractivity contribution in [2.45, 2.75) is 18.9 Å². The molecule has 0 amide bonds. The van der Waals surface area contributed by atoms with Crippen LogP contribution in [0.5, 0.6) is 0 Å². The van der Waals surface area contributed by atoms with Gasteiger partial charge in [-0.25, -0.2) is 4.39 Å². The highest BCUT2D eigenvalue weighted by Crippen LogP contribution is 2.17. The molecule has 0 aliphatic carbocycles. The molecule has 4 heteroatoms. The topological polar surface area (TPSA) is 33.1 Å². The third-order valence-corrected chi connectivity index (χ3v) is 2.98. The maximum absolute atomic E-state index is 13.2. The molecule has 1 aromatic carbocycles. The van der Waals surface area contributed by atoms with E-state index < -0.39 is 11.9 Å². The Morgan fingerprint density at radius 2 is 1.78 bits per heavy atom. The van der Waals surface area contributed by atoms with Gasteiger partial charge in [-0.1, -0.05) is 17.7 Å². The number of aliphatic hydroxyl groups excluding tert-OH is 1. The smallest absolute Gasteiger partial charge is 0.142 e. The van der Waals surface area contributed by atoms with Crippen molar-refractivity contribution >= 4 is 11.6 Å². The maximum Gasteiger partial charge on any atom is 0.142 e. The fourth-order valence-electron chi connectivity index (χ4n) is 1.80. The minimum absolute atomic E-state index is 0.0994. The lowest BCUT2D eigenvalue weighted by Gasteiger charge is -2.11. The van der Waals surface area contributed by atoms with E-state index in [1.807, 2.05) is 12.1 Å². The summed E-state index contributed by atoms with van der Waals surface area (Å²) in [7, 11) is 0. The number of aromatic nitrogens is 1. The van der Waals surface area contributed by atoms with Crippen LogP contribution in [0.4, 0.5) is 4.39 Å². The molecule has 18 heavy (non-hydrogen) atoms. The number of aliphatic hydroxyl groups is 1. The first-order valence-electron chi connectivity index (χ1n) is 5.66. The molecule has 0 saturated carbocycles. The number of pyridine rings is 1. The minimum Gasteiger partial charge on any atom is -0.392 e. The molecule has 1 aromatic heterocycles. The van der Waals surface area contributed by atoms with Crippen molar-refractivity contribution in [1.82, 2.24) is 4.98 Å². The molecule has 94 valence electrons. The molecule has 2 aromatic rings. The molecular formula is C14H13ClFNO. The van der Waals surface area contributed by atoms with Crippen LogP contribution in [-0.2, 0) is 12.8 Å². The summed E-state index contributed by atoms with van der Waals surface area (Å²) in [5.41, 5.74) is 1.74. The van der Waals surface area contributed by atoms with Crippen molar-refractivity contribution in [2.75, 3.05) is 0 Å². The highest BCUT2D eigenvalue weighted by Gasteiger charge is 2.08. The number of halogens is 2. The predicted octanol–water partition coefficient (Wildman–Crippen LogP) is 3.02. The standard InChI is InChI=1S/C14H13ClFNO/c15-13-2-1-11(9-14(13)16)8-12(18)7-10-3-5-17-6-4-10/h1-6,9,12,18H,7-8H2. The molecule has 2 rings (SSSR count). The molecule has 0 aliphatic heterocycles. The second kappa shape index (κ2) is 5.94. The van der Waals surface area contributed by atoms with Gasteiger partial charge in [0.05, 0.1) is 11.1 Å². The van der Waals surface area contributed by atoms with Gasteiger partial charge in [0.1, 0.15) is 5.82 Å². The summed E-state index contributed by atoms with van der Waals surface area (Å²) in [6, 6.07) is 8.29. The zero-order valence-corrected chi connectivity index (χ0v) is 10.4. The Bertz CT molecular complexity index is 518. The fourth-order valence-corrected chi connectivity index (χ4v) is 1.92. The summed E-state index contributed by atoms with van der Waals surface area (Å²) < 4.78 is 13.2. The molecule has 1 N–H and O–H groups in total. The maximum atomic E-state index is 13.2. The Hall–Kier alpha value is -1.45. The zero-order chi connectivity index (χ0) is 13.0. The second-order valence-electron chi connectivity index (χ2n) is 4.17. The van der Waals surface area contributed by atoms with E-state index in [-0.39, 0.29) is 5.02 Å². The van der Waals surface area contributed by atoms with Crippen LogP contribution in [0, 0.1) is 5.82 Å². The van der Waals surface area contributed by atoms with E-state index in [0.717, 1.165) is 11.1 Å². The highest BCUT2D eigenvalue weighted by molar-refractivity contribution is 6.30. The van der Waals surface area contributed by atoms with Gasteiger partial charge < -0.3 is 5.11 Å². The van der Waals surface area contributed by atoms with Crippen molar-refractivity contribution in [2.24, 2.45) is 0 Å². The summed E-state index contributed by atoms with van der Waals surface area (Å²) in [6.45, 7) is 0. The zero-order valence-electron chi connectivity index (χ0n) is 9.68. The predicted molar refractivity (Wildman–Crippen MR) is 69.1 cm³/mol. The van der Waals surface area contributed by atoms with Gasteiger partial charge in [-0.05, 0) is 48.2 Å². The van der Waals surface area contributed by atoms with Crippen LogP contribution in [0.15, 0.2) is 42.7 Å². The van der Waals surface area contributed by atoms with Crippen LogP contribution < -0.4 is 0 Å². The average molecular weight is 266 g/mol. The van der Waals surface area contributed by atoms with Crippen LogP contribution in [-0.4, -0.2) is 16.2 Å². The molecule has 0 saturated heterocycles. The van der Waals surface area contributed by atoms with Crippen molar-refractivity contribution in [3.05, 3.63) is 64.7 Å². The SMILES string of the molecule is OC(Cc1ccncc1)Cc1ccc(Cl)c(F)c1. The first-order valence-corrected chi connectivity index (χ1v) is 6.04. The molecule has 1 atom stereocenters. The summed E-state index contributed by atoms with van der Waals surface area (Å²) >= 11 is 5.60. The third-order valence-electron chi connectivity index (χ3n) is 2.68. The molecular weight excluding hydrogens is 253 g/mol. The number of benzene rings is 1. The lowest BCUT2D eigenvalue weighted by Crippen LogP contribution is -2.14. The molecule has 0 bridgehead atoms. The number of rotatable bonds is 4. The van der Waals surface area contributed by atoms with E-state index in [4.69, 9.17) is 11.6 Å². The first-order chi connectivity index (χ1) is 8.65. The van der Waals surface area contributed by atoms with Crippen molar-refractivity contribution < 1.29 is 9.50 Å². The van der Waals surface area contributed by atoms with E-state index in [0.29, 0.717) is 12.8 Å². The molecule has 1 heterocycles. The van der Waals surface area contributed by atoms with Gasteiger partial charge in [0.15, 0.2) is 0 Å². The van der Waals surface area contributed by atoms with Gasteiger partial charge in [0, 0.05) is 12.4 Å².